The van der Waals surface area contributed by atoms with E-state index in [1.54, 1.807) is 0 Å². The zero-order valence-electron chi connectivity index (χ0n) is 12.3. The van der Waals surface area contributed by atoms with Gasteiger partial charge in [0.15, 0.2) is 0 Å². The minimum absolute atomic E-state index is 0.365. The molecule has 4 nitrogen and oxygen atoms in total. The van der Waals surface area contributed by atoms with Gasteiger partial charge in [-0.25, -0.2) is 4.79 Å². The van der Waals surface area contributed by atoms with Gasteiger partial charge in [0, 0.05) is 12.6 Å². The average molecular weight is 276 g/mol. The fourth-order valence-electron chi connectivity index (χ4n) is 2.93. The highest BCUT2D eigenvalue weighted by Crippen LogP contribution is 2.26. The number of hydrogen-bond acceptors (Lipinski definition) is 4. The number of ether oxygens (including phenoxy) is 1. The minimum atomic E-state index is -1.06. The second kappa shape index (κ2) is 6.37. The first-order valence-electron chi connectivity index (χ1n) is 7.25. The average Bonchev–Trinajstić information content (AvgIpc) is 2.90. The van der Waals surface area contributed by atoms with E-state index < -0.39 is 5.54 Å². The summed E-state index contributed by atoms with van der Waals surface area (Å²) >= 11 is 0. The van der Waals surface area contributed by atoms with E-state index in [4.69, 9.17) is 10.5 Å². The monoisotopic (exact) mass is 276 g/mol. The van der Waals surface area contributed by atoms with Crippen LogP contribution in [0.15, 0.2) is 30.3 Å². The lowest BCUT2D eigenvalue weighted by molar-refractivity contribution is -0.148. The standard InChI is InChI=1S/C16H24N2O2/c1-13-7-6-11-18(13)12-10-16(17,15(19)20-2)14-8-4-3-5-9-14/h3-5,8-9,13H,6-7,10-12,17H2,1-2H3. The molecule has 1 aliphatic rings. The molecule has 0 aliphatic carbocycles. The van der Waals surface area contributed by atoms with E-state index >= 15 is 0 Å². The Kier molecular flexibility index (Phi) is 4.78. The lowest BCUT2D eigenvalue weighted by atomic mass is 9.87. The van der Waals surface area contributed by atoms with Crippen LogP contribution in [0.3, 0.4) is 0 Å². The van der Waals surface area contributed by atoms with Gasteiger partial charge in [-0.05, 0) is 38.3 Å². The first-order valence-corrected chi connectivity index (χ1v) is 7.25. The molecule has 1 aliphatic heterocycles. The van der Waals surface area contributed by atoms with Crippen LogP contribution in [0.2, 0.25) is 0 Å². The van der Waals surface area contributed by atoms with Crippen LogP contribution >= 0.6 is 0 Å². The smallest absolute Gasteiger partial charge is 0.330 e. The zero-order valence-corrected chi connectivity index (χ0v) is 12.3. The summed E-state index contributed by atoms with van der Waals surface area (Å²) in [6, 6.07) is 10.1. The quantitative estimate of drug-likeness (QED) is 0.834. The van der Waals surface area contributed by atoms with Gasteiger partial charge in [0.2, 0.25) is 0 Å². The summed E-state index contributed by atoms with van der Waals surface area (Å²) in [5.41, 5.74) is 6.16. The maximum Gasteiger partial charge on any atom is 0.330 e. The molecule has 2 atom stereocenters. The van der Waals surface area contributed by atoms with Crippen LogP contribution < -0.4 is 5.73 Å². The molecule has 0 aromatic heterocycles. The van der Waals surface area contributed by atoms with Gasteiger partial charge in [0.25, 0.3) is 0 Å². The Hall–Kier alpha value is -1.39. The molecular formula is C16H24N2O2. The van der Waals surface area contributed by atoms with Crippen molar-refractivity contribution in [3.05, 3.63) is 35.9 Å². The van der Waals surface area contributed by atoms with E-state index in [0.717, 1.165) is 18.7 Å². The third-order valence-corrected chi connectivity index (χ3v) is 4.32. The predicted molar refractivity (Wildman–Crippen MR) is 79.2 cm³/mol. The molecule has 2 unspecified atom stereocenters. The number of carbonyl (C=O) groups is 1. The number of hydrogen-bond donors (Lipinski definition) is 1. The van der Waals surface area contributed by atoms with Crippen LogP contribution in [0.4, 0.5) is 0 Å². The molecule has 0 saturated carbocycles. The number of carbonyl (C=O) groups excluding carboxylic acids is 1. The molecule has 0 amide bonds. The highest BCUT2D eigenvalue weighted by Gasteiger charge is 2.38. The number of likely N-dealkylation sites (tertiary alicyclic amines) is 1. The molecule has 1 aromatic carbocycles. The van der Waals surface area contributed by atoms with Crippen molar-refractivity contribution in [3.63, 3.8) is 0 Å². The number of nitrogens with zero attached hydrogens (tertiary/aromatic N) is 1. The van der Waals surface area contributed by atoms with E-state index in [1.165, 1.54) is 20.0 Å². The number of rotatable bonds is 5. The van der Waals surface area contributed by atoms with Gasteiger partial charge in [-0.3, -0.25) is 0 Å². The van der Waals surface area contributed by atoms with Crippen molar-refractivity contribution in [2.75, 3.05) is 20.2 Å². The van der Waals surface area contributed by atoms with Gasteiger partial charge in [0.1, 0.15) is 5.54 Å². The van der Waals surface area contributed by atoms with Gasteiger partial charge >= 0.3 is 5.97 Å². The Morgan fingerprint density at radius 3 is 2.70 bits per heavy atom. The Morgan fingerprint density at radius 2 is 2.15 bits per heavy atom. The zero-order chi connectivity index (χ0) is 14.6. The van der Waals surface area contributed by atoms with Crippen molar-refractivity contribution < 1.29 is 9.53 Å². The molecule has 1 saturated heterocycles. The second-order valence-electron chi connectivity index (χ2n) is 5.61. The molecule has 0 spiro atoms. The van der Waals surface area contributed by atoms with Crippen LogP contribution in [-0.2, 0) is 15.1 Å². The molecule has 1 heterocycles. The molecular weight excluding hydrogens is 252 g/mol. The van der Waals surface area contributed by atoms with Crippen LogP contribution in [0.25, 0.3) is 0 Å². The van der Waals surface area contributed by atoms with Crippen LogP contribution in [0.1, 0.15) is 31.7 Å². The molecule has 4 heteroatoms. The molecule has 1 aromatic rings. The molecule has 20 heavy (non-hydrogen) atoms. The highest BCUT2D eigenvalue weighted by molar-refractivity contribution is 5.82. The molecule has 110 valence electrons. The van der Waals surface area contributed by atoms with Gasteiger partial charge < -0.3 is 15.4 Å². The van der Waals surface area contributed by atoms with Crippen LogP contribution in [0.5, 0.6) is 0 Å². The Labute approximate surface area is 120 Å². The third-order valence-electron chi connectivity index (χ3n) is 4.32. The summed E-state index contributed by atoms with van der Waals surface area (Å²) in [6.07, 6.45) is 3.03. The lowest BCUT2D eigenvalue weighted by Gasteiger charge is -2.30. The summed E-state index contributed by atoms with van der Waals surface area (Å²) in [6.45, 7) is 4.14. The first-order chi connectivity index (χ1) is 9.58. The van der Waals surface area contributed by atoms with Crippen molar-refractivity contribution in [1.82, 2.24) is 4.90 Å². The summed E-state index contributed by atoms with van der Waals surface area (Å²) in [5.74, 6) is -0.365. The van der Waals surface area contributed by atoms with Crippen molar-refractivity contribution in [2.24, 2.45) is 5.73 Å². The number of methoxy groups -OCH3 is 1. The molecule has 0 bridgehead atoms. The Bertz CT molecular complexity index is 449. The van der Waals surface area contributed by atoms with E-state index in [-0.39, 0.29) is 5.97 Å². The Morgan fingerprint density at radius 1 is 1.45 bits per heavy atom. The number of nitrogens with two attached hydrogens (primary N) is 1. The van der Waals surface area contributed by atoms with E-state index in [1.807, 2.05) is 30.3 Å². The summed E-state index contributed by atoms with van der Waals surface area (Å²) in [5, 5.41) is 0. The van der Waals surface area contributed by atoms with Crippen molar-refractivity contribution in [2.45, 2.75) is 37.8 Å². The first kappa shape index (κ1) is 15.0. The maximum absolute atomic E-state index is 12.2. The summed E-state index contributed by atoms with van der Waals surface area (Å²) in [4.78, 5) is 14.6. The van der Waals surface area contributed by atoms with Gasteiger partial charge in [0.05, 0.1) is 7.11 Å². The van der Waals surface area contributed by atoms with E-state index in [0.29, 0.717) is 12.5 Å². The number of esters is 1. The molecule has 0 radical (unpaired) electrons. The SMILES string of the molecule is COC(=O)C(N)(CCN1CCCC1C)c1ccccc1. The van der Waals surface area contributed by atoms with Gasteiger partial charge in [-0.1, -0.05) is 30.3 Å². The lowest BCUT2D eigenvalue weighted by Crippen LogP contribution is -2.48. The van der Waals surface area contributed by atoms with Crippen molar-refractivity contribution in [1.29, 1.82) is 0 Å². The van der Waals surface area contributed by atoms with Crippen LogP contribution in [-0.4, -0.2) is 37.1 Å². The van der Waals surface area contributed by atoms with Crippen molar-refractivity contribution in [3.8, 4) is 0 Å². The normalized spacial score (nSPS) is 22.4. The summed E-state index contributed by atoms with van der Waals surface area (Å²) < 4.78 is 4.93. The minimum Gasteiger partial charge on any atom is -0.467 e. The fraction of sp³-hybridized carbons (Fsp3) is 0.562. The summed E-state index contributed by atoms with van der Waals surface area (Å²) in [7, 11) is 1.39. The van der Waals surface area contributed by atoms with E-state index in [9.17, 15) is 4.79 Å². The predicted octanol–water partition coefficient (Wildman–Crippen LogP) is 1.89. The van der Waals surface area contributed by atoms with E-state index in [2.05, 4.69) is 11.8 Å². The van der Waals surface area contributed by atoms with Crippen molar-refractivity contribution >= 4 is 5.97 Å². The fourth-order valence-corrected chi connectivity index (χ4v) is 2.93. The topological polar surface area (TPSA) is 55.6 Å². The van der Waals surface area contributed by atoms with Crippen LogP contribution in [0, 0.1) is 0 Å². The highest BCUT2D eigenvalue weighted by atomic mass is 16.5. The second-order valence-corrected chi connectivity index (χ2v) is 5.61. The molecule has 2 rings (SSSR count). The largest absolute Gasteiger partial charge is 0.467 e. The molecule has 1 fully saturated rings. The molecule has 2 N–H and O–H groups in total. The van der Waals surface area contributed by atoms with Gasteiger partial charge in [-0.15, -0.1) is 0 Å². The Balaban J connectivity index is 2.13. The number of benzene rings is 1. The third kappa shape index (κ3) is 3.02. The van der Waals surface area contributed by atoms with Gasteiger partial charge in [-0.2, -0.15) is 0 Å². The maximum atomic E-state index is 12.2.